The molecule has 0 saturated carbocycles. The predicted molar refractivity (Wildman–Crippen MR) is 66.5 cm³/mol. The molecule has 1 aliphatic rings. The monoisotopic (exact) mass is 238 g/mol. The average molecular weight is 238 g/mol. The fraction of sp³-hybridized carbons (Fsp3) is 0.583. The first kappa shape index (κ1) is 11.6. The van der Waals surface area contributed by atoms with Crippen LogP contribution in [0.1, 0.15) is 36.4 Å². The van der Waals surface area contributed by atoms with Crippen molar-refractivity contribution >= 4 is 11.3 Å². The molecule has 0 fully saturated rings. The third kappa shape index (κ3) is 2.44. The van der Waals surface area contributed by atoms with Crippen molar-refractivity contribution in [2.75, 3.05) is 13.2 Å². The number of ether oxygens (including phenoxy) is 1. The Hall–Kier alpha value is -0.870. The molecule has 2 rings (SSSR count). The first-order valence-electron chi connectivity index (χ1n) is 5.79. The van der Waals surface area contributed by atoms with E-state index in [0.29, 0.717) is 0 Å². The van der Waals surface area contributed by atoms with Gasteiger partial charge in [-0.15, -0.1) is 11.3 Å². The number of aromatic nitrogens is 1. The maximum absolute atomic E-state index is 5.67. The van der Waals surface area contributed by atoms with Gasteiger partial charge in [0, 0.05) is 6.42 Å². The predicted octanol–water partition coefficient (Wildman–Crippen LogP) is 2.80. The lowest BCUT2D eigenvalue weighted by Gasteiger charge is -2.18. The summed E-state index contributed by atoms with van der Waals surface area (Å²) in [6, 6.07) is 0.204. The van der Waals surface area contributed by atoms with Crippen molar-refractivity contribution < 1.29 is 4.74 Å². The number of rotatable bonds is 5. The minimum atomic E-state index is 0.204. The van der Waals surface area contributed by atoms with Crippen molar-refractivity contribution in [2.24, 2.45) is 0 Å². The second-order valence-corrected chi connectivity index (χ2v) is 4.82. The van der Waals surface area contributed by atoms with Crippen molar-refractivity contribution in [3.05, 3.63) is 27.9 Å². The van der Waals surface area contributed by atoms with Crippen LogP contribution >= 0.6 is 11.3 Å². The van der Waals surface area contributed by atoms with Gasteiger partial charge in [-0.05, 0) is 26.0 Å². The van der Waals surface area contributed by atoms with E-state index in [4.69, 9.17) is 4.74 Å². The van der Waals surface area contributed by atoms with Crippen LogP contribution in [0.25, 0.3) is 0 Å². The zero-order valence-electron chi connectivity index (χ0n) is 9.82. The van der Waals surface area contributed by atoms with E-state index in [9.17, 15) is 0 Å². The highest BCUT2D eigenvalue weighted by molar-refractivity contribution is 7.09. The smallest absolute Gasteiger partial charge is 0.114 e. The van der Waals surface area contributed by atoms with Crippen LogP contribution in [-0.2, 0) is 4.74 Å². The maximum atomic E-state index is 5.67. The lowest BCUT2D eigenvalue weighted by Crippen LogP contribution is -2.24. The van der Waals surface area contributed by atoms with Crippen molar-refractivity contribution in [3.63, 3.8) is 0 Å². The summed E-state index contributed by atoms with van der Waals surface area (Å²) in [5.74, 6) is 1.07. The van der Waals surface area contributed by atoms with Crippen molar-refractivity contribution in [3.8, 4) is 0 Å². The molecule has 0 spiro atoms. The fourth-order valence-electron chi connectivity index (χ4n) is 1.84. The average Bonchev–Trinajstić information content (AvgIpc) is 2.91. The first-order chi connectivity index (χ1) is 7.83. The van der Waals surface area contributed by atoms with Gasteiger partial charge in [-0.2, -0.15) is 0 Å². The van der Waals surface area contributed by atoms with E-state index in [0.717, 1.165) is 37.4 Å². The molecule has 3 nitrogen and oxygen atoms in total. The van der Waals surface area contributed by atoms with Crippen LogP contribution in [0, 0.1) is 6.92 Å². The highest BCUT2D eigenvalue weighted by atomic mass is 32.1. The van der Waals surface area contributed by atoms with Gasteiger partial charge in [-0.3, -0.25) is 0 Å². The summed E-state index contributed by atoms with van der Waals surface area (Å²) in [6.45, 7) is 6.05. The zero-order valence-corrected chi connectivity index (χ0v) is 10.6. The Labute approximate surface area is 101 Å². The third-order valence-corrected chi connectivity index (χ3v) is 3.66. The van der Waals surface area contributed by atoms with Crippen molar-refractivity contribution in [1.29, 1.82) is 0 Å². The van der Waals surface area contributed by atoms with Gasteiger partial charge in [0.15, 0.2) is 0 Å². The van der Waals surface area contributed by atoms with Gasteiger partial charge in [0.2, 0.25) is 0 Å². The number of nitrogens with zero attached hydrogens (tertiary/aromatic N) is 1. The Morgan fingerprint density at radius 3 is 3.06 bits per heavy atom. The molecule has 88 valence electrons. The second kappa shape index (κ2) is 5.46. The minimum absolute atomic E-state index is 0.204. The van der Waals surface area contributed by atoms with E-state index in [1.165, 1.54) is 4.88 Å². The molecule has 4 heteroatoms. The molecule has 1 atom stereocenters. The van der Waals surface area contributed by atoms with Gasteiger partial charge in [0.1, 0.15) is 11.8 Å². The number of aryl methyl sites for hydroxylation is 1. The molecule has 1 N–H and O–H groups in total. The molecule has 0 radical (unpaired) electrons. The first-order valence-corrected chi connectivity index (χ1v) is 6.67. The summed E-state index contributed by atoms with van der Waals surface area (Å²) in [6.07, 6.45) is 4.34. The molecule has 1 unspecified atom stereocenters. The van der Waals surface area contributed by atoms with Gasteiger partial charge < -0.3 is 10.1 Å². The standard InChI is InChI=1S/C12H18N2OS/c1-3-6-13-11(10-5-4-7-15-10)12-9(2)14-8-16-12/h5,8,11,13H,3-4,6-7H2,1-2H3. The molecule has 1 aromatic rings. The Morgan fingerprint density at radius 2 is 2.50 bits per heavy atom. The minimum Gasteiger partial charge on any atom is -0.496 e. The van der Waals surface area contributed by atoms with Crippen LogP contribution in [0.5, 0.6) is 0 Å². The number of nitrogens with one attached hydrogen (secondary N) is 1. The zero-order chi connectivity index (χ0) is 11.4. The van der Waals surface area contributed by atoms with E-state index in [-0.39, 0.29) is 6.04 Å². The molecule has 0 saturated heterocycles. The molecule has 0 bridgehead atoms. The van der Waals surface area contributed by atoms with Gasteiger partial charge in [-0.1, -0.05) is 6.92 Å². The molecular weight excluding hydrogens is 220 g/mol. The maximum Gasteiger partial charge on any atom is 0.114 e. The van der Waals surface area contributed by atoms with Crippen LogP contribution in [-0.4, -0.2) is 18.1 Å². The number of hydrogen-bond acceptors (Lipinski definition) is 4. The molecule has 16 heavy (non-hydrogen) atoms. The molecular formula is C12H18N2OS. The van der Waals surface area contributed by atoms with E-state index < -0.39 is 0 Å². The summed E-state index contributed by atoms with van der Waals surface area (Å²) in [5, 5.41) is 3.53. The van der Waals surface area contributed by atoms with E-state index in [1.54, 1.807) is 11.3 Å². The Kier molecular flexibility index (Phi) is 3.96. The SMILES string of the molecule is CCCNC(C1=CCCO1)c1scnc1C. The van der Waals surface area contributed by atoms with E-state index in [1.807, 2.05) is 5.51 Å². The Balaban J connectivity index is 2.17. The summed E-state index contributed by atoms with van der Waals surface area (Å²) < 4.78 is 5.67. The summed E-state index contributed by atoms with van der Waals surface area (Å²) in [4.78, 5) is 5.59. The van der Waals surface area contributed by atoms with Gasteiger partial charge in [-0.25, -0.2) is 4.98 Å². The Morgan fingerprint density at radius 1 is 1.62 bits per heavy atom. The molecule has 2 heterocycles. The van der Waals surface area contributed by atoms with Crippen molar-refractivity contribution in [1.82, 2.24) is 10.3 Å². The van der Waals surface area contributed by atoms with Crippen LogP contribution in [0.15, 0.2) is 17.3 Å². The van der Waals surface area contributed by atoms with Gasteiger partial charge >= 0.3 is 0 Å². The highest BCUT2D eigenvalue weighted by Gasteiger charge is 2.23. The number of hydrogen-bond donors (Lipinski definition) is 1. The normalized spacial score (nSPS) is 17.0. The van der Waals surface area contributed by atoms with Gasteiger partial charge in [0.05, 0.1) is 22.7 Å². The molecule has 0 aromatic carbocycles. The quantitative estimate of drug-likeness (QED) is 0.856. The highest BCUT2D eigenvalue weighted by Crippen LogP contribution is 2.30. The molecule has 0 aliphatic carbocycles. The fourth-order valence-corrected chi connectivity index (χ4v) is 2.72. The molecule has 1 aliphatic heterocycles. The summed E-state index contributed by atoms with van der Waals surface area (Å²) in [7, 11) is 0. The van der Waals surface area contributed by atoms with Crippen LogP contribution in [0.4, 0.5) is 0 Å². The van der Waals surface area contributed by atoms with Crippen LogP contribution in [0.2, 0.25) is 0 Å². The van der Waals surface area contributed by atoms with E-state index >= 15 is 0 Å². The number of thiazole rings is 1. The van der Waals surface area contributed by atoms with Gasteiger partial charge in [0.25, 0.3) is 0 Å². The third-order valence-electron chi connectivity index (χ3n) is 2.66. The lowest BCUT2D eigenvalue weighted by atomic mass is 10.1. The summed E-state index contributed by atoms with van der Waals surface area (Å²) in [5.41, 5.74) is 3.01. The second-order valence-electron chi connectivity index (χ2n) is 3.93. The van der Waals surface area contributed by atoms with E-state index in [2.05, 4.69) is 30.2 Å². The summed E-state index contributed by atoms with van der Waals surface area (Å²) >= 11 is 1.70. The van der Waals surface area contributed by atoms with Crippen LogP contribution in [0.3, 0.4) is 0 Å². The lowest BCUT2D eigenvalue weighted by molar-refractivity contribution is 0.216. The topological polar surface area (TPSA) is 34.1 Å². The molecule has 0 amide bonds. The van der Waals surface area contributed by atoms with Crippen LogP contribution < -0.4 is 5.32 Å². The van der Waals surface area contributed by atoms with Crippen molar-refractivity contribution in [2.45, 2.75) is 32.7 Å². The Bertz CT molecular complexity index is 373. The molecule has 1 aromatic heterocycles. The largest absolute Gasteiger partial charge is 0.496 e.